The third-order valence-corrected chi connectivity index (χ3v) is 7.49. The molecule has 2 aromatic rings. The number of pyridine rings is 1. The molecule has 0 aliphatic carbocycles. The number of carbonyl (C=O) groups excluding carboxylic acids is 1. The number of hydrogen-bond acceptors (Lipinski definition) is 6. The Bertz CT molecular complexity index is 1080. The highest BCUT2D eigenvalue weighted by molar-refractivity contribution is 5.94. The maximum absolute atomic E-state index is 13.0. The molecule has 10 heteroatoms. The lowest BCUT2D eigenvalue weighted by molar-refractivity contribution is -0.141. The van der Waals surface area contributed by atoms with Gasteiger partial charge in [-0.1, -0.05) is 6.07 Å². The smallest absolute Gasteiger partial charge is 0.433 e. The van der Waals surface area contributed by atoms with Gasteiger partial charge in [-0.05, 0) is 68.0 Å². The molecule has 0 spiro atoms. The molecular formula is C27H35F3N4O3. The minimum absolute atomic E-state index is 0.101. The maximum atomic E-state index is 13.0. The fraction of sp³-hybridized carbons (Fsp3) is 0.556. The number of hydrogen-bond donors (Lipinski definition) is 2. The molecular weight excluding hydrogens is 485 g/mol. The number of benzene rings is 1. The summed E-state index contributed by atoms with van der Waals surface area (Å²) in [7, 11) is 0. The average Bonchev–Trinajstić information content (AvgIpc) is 2.89. The van der Waals surface area contributed by atoms with E-state index >= 15 is 0 Å². The Hall–Kier alpha value is -2.69. The largest absolute Gasteiger partial charge is 0.492 e. The predicted octanol–water partition coefficient (Wildman–Crippen LogP) is 3.73. The van der Waals surface area contributed by atoms with Crippen LogP contribution in [0.1, 0.15) is 58.0 Å². The lowest BCUT2D eigenvalue weighted by Crippen LogP contribution is -2.57. The molecule has 3 heterocycles. The van der Waals surface area contributed by atoms with Crippen LogP contribution in [-0.2, 0) is 6.18 Å². The zero-order valence-electron chi connectivity index (χ0n) is 21.4. The van der Waals surface area contributed by atoms with Crippen LogP contribution in [0.25, 0.3) is 0 Å². The van der Waals surface area contributed by atoms with E-state index in [1.54, 1.807) is 4.90 Å². The van der Waals surface area contributed by atoms with E-state index in [0.29, 0.717) is 39.3 Å². The number of nitrogens with one attached hydrogen (secondary N) is 1. The third-order valence-electron chi connectivity index (χ3n) is 7.49. The van der Waals surface area contributed by atoms with Crippen LogP contribution in [0.5, 0.6) is 5.75 Å². The van der Waals surface area contributed by atoms with Gasteiger partial charge in [-0.3, -0.25) is 14.7 Å². The van der Waals surface area contributed by atoms with Gasteiger partial charge in [0, 0.05) is 51.0 Å². The van der Waals surface area contributed by atoms with Crippen molar-refractivity contribution in [1.82, 2.24) is 20.1 Å². The number of alkyl halides is 3. The van der Waals surface area contributed by atoms with Gasteiger partial charge >= 0.3 is 6.18 Å². The molecule has 7 nitrogen and oxygen atoms in total. The van der Waals surface area contributed by atoms with Crippen LogP contribution in [-0.4, -0.2) is 77.8 Å². The van der Waals surface area contributed by atoms with Gasteiger partial charge in [-0.2, -0.15) is 13.2 Å². The highest BCUT2D eigenvalue weighted by atomic mass is 19.4. The van der Waals surface area contributed by atoms with Crippen molar-refractivity contribution in [3.05, 3.63) is 58.4 Å². The SMILES string of the molecule is Cc1c(OCCNCCO)ccc([C@H]2CCCC3CN(C(=O)c4ccc(C(F)(F)F)nc4)CCN32)c1C. The Kier molecular flexibility index (Phi) is 8.71. The number of nitrogens with zero attached hydrogens (tertiary/aromatic N) is 3. The second kappa shape index (κ2) is 11.8. The number of piperazine rings is 1. The lowest BCUT2D eigenvalue weighted by Gasteiger charge is -2.48. The Morgan fingerprint density at radius 3 is 2.65 bits per heavy atom. The molecule has 1 amide bonds. The molecule has 0 saturated carbocycles. The van der Waals surface area contributed by atoms with Crippen LogP contribution in [0.15, 0.2) is 30.5 Å². The predicted molar refractivity (Wildman–Crippen MR) is 134 cm³/mol. The molecule has 37 heavy (non-hydrogen) atoms. The van der Waals surface area contributed by atoms with Gasteiger partial charge in [-0.15, -0.1) is 0 Å². The fourth-order valence-electron chi connectivity index (χ4n) is 5.41. The van der Waals surface area contributed by atoms with Gasteiger partial charge in [0.1, 0.15) is 18.1 Å². The first-order chi connectivity index (χ1) is 17.7. The Labute approximate surface area is 215 Å². The molecule has 4 rings (SSSR count). The van der Waals surface area contributed by atoms with E-state index in [-0.39, 0.29) is 30.2 Å². The van der Waals surface area contributed by atoms with Crippen LogP contribution in [0.3, 0.4) is 0 Å². The quantitative estimate of drug-likeness (QED) is 0.517. The molecule has 2 aliphatic heterocycles. The first kappa shape index (κ1) is 27.3. The Morgan fingerprint density at radius 2 is 1.95 bits per heavy atom. The van der Waals surface area contributed by atoms with Gasteiger partial charge in [0.15, 0.2) is 0 Å². The molecule has 2 saturated heterocycles. The summed E-state index contributed by atoms with van der Waals surface area (Å²) >= 11 is 0. The van der Waals surface area contributed by atoms with Crippen molar-refractivity contribution in [3.8, 4) is 5.75 Å². The Balaban J connectivity index is 1.41. The summed E-state index contributed by atoms with van der Waals surface area (Å²) in [5.41, 5.74) is 2.79. The fourth-order valence-corrected chi connectivity index (χ4v) is 5.41. The van der Waals surface area contributed by atoms with Gasteiger partial charge < -0.3 is 20.1 Å². The zero-order valence-corrected chi connectivity index (χ0v) is 21.4. The molecule has 1 aromatic heterocycles. The summed E-state index contributed by atoms with van der Waals surface area (Å²) < 4.78 is 44.4. The Morgan fingerprint density at radius 1 is 1.14 bits per heavy atom. The number of aliphatic hydroxyl groups excluding tert-OH is 1. The summed E-state index contributed by atoms with van der Waals surface area (Å²) in [5, 5.41) is 12.0. The van der Waals surface area contributed by atoms with E-state index in [4.69, 9.17) is 9.84 Å². The number of amides is 1. The molecule has 202 valence electrons. The molecule has 2 fully saturated rings. The topological polar surface area (TPSA) is 77.9 Å². The van der Waals surface area contributed by atoms with Crippen molar-refractivity contribution in [1.29, 1.82) is 0 Å². The van der Waals surface area contributed by atoms with E-state index in [1.165, 1.54) is 17.2 Å². The second-order valence-corrected chi connectivity index (χ2v) is 9.74. The molecule has 2 aliphatic rings. The van der Waals surface area contributed by atoms with E-state index in [0.717, 1.165) is 42.8 Å². The number of aliphatic hydroxyl groups is 1. The normalized spacial score (nSPS) is 20.5. The van der Waals surface area contributed by atoms with Gasteiger partial charge in [0.2, 0.25) is 0 Å². The van der Waals surface area contributed by atoms with Crippen molar-refractivity contribution in [2.75, 3.05) is 45.9 Å². The third kappa shape index (κ3) is 6.25. The van der Waals surface area contributed by atoms with Crippen LogP contribution in [0.2, 0.25) is 0 Å². The van der Waals surface area contributed by atoms with Gasteiger partial charge in [0.25, 0.3) is 5.91 Å². The summed E-state index contributed by atoms with van der Waals surface area (Å²) in [6.45, 7) is 7.82. The van der Waals surface area contributed by atoms with Gasteiger partial charge in [0.05, 0.1) is 12.2 Å². The minimum Gasteiger partial charge on any atom is -0.492 e. The lowest BCUT2D eigenvalue weighted by atomic mass is 9.86. The van der Waals surface area contributed by atoms with Crippen molar-refractivity contribution in [2.45, 2.75) is 51.4 Å². The van der Waals surface area contributed by atoms with E-state index in [9.17, 15) is 18.0 Å². The van der Waals surface area contributed by atoms with Crippen molar-refractivity contribution in [2.24, 2.45) is 0 Å². The summed E-state index contributed by atoms with van der Waals surface area (Å²) in [6.07, 6.45) is -0.435. The zero-order chi connectivity index (χ0) is 26.6. The number of ether oxygens (including phenoxy) is 1. The average molecular weight is 521 g/mol. The number of piperidine rings is 1. The highest BCUT2D eigenvalue weighted by Crippen LogP contribution is 2.39. The minimum atomic E-state index is -4.53. The van der Waals surface area contributed by atoms with E-state index < -0.39 is 11.9 Å². The second-order valence-electron chi connectivity index (χ2n) is 9.74. The van der Waals surface area contributed by atoms with Crippen LogP contribution in [0.4, 0.5) is 13.2 Å². The molecule has 2 N–H and O–H groups in total. The van der Waals surface area contributed by atoms with Crippen LogP contribution >= 0.6 is 0 Å². The molecule has 0 radical (unpaired) electrons. The summed E-state index contributed by atoms with van der Waals surface area (Å²) in [4.78, 5) is 20.7. The first-order valence-electron chi connectivity index (χ1n) is 12.8. The highest BCUT2D eigenvalue weighted by Gasteiger charge is 2.38. The van der Waals surface area contributed by atoms with Crippen molar-refractivity contribution < 1.29 is 27.8 Å². The first-order valence-corrected chi connectivity index (χ1v) is 12.8. The van der Waals surface area contributed by atoms with E-state index in [2.05, 4.69) is 35.1 Å². The van der Waals surface area contributed by atoms with Crippen molar-refractivity contribution >= 4 is 5.91 Å². The number of aromatic nitrogens is 1. The maximum Gasteiger partial charge on any atom is 0.433 e. The monoisotopic (exact) mass is 520 g/mol. The van der Waals surface area contributed by atoms with Crippen molar-refractivity contribution in [3.63, 3.8) is 0 Å². The summed E-state index contributed by atoms with van der Waals surface area (Å²) in [5.74, 6) is 0.588. The number of rotatable bonds is 8. The standard InChI is InChI=1S/C27H35F3N4O3/c1-18-19(2)24(37-15-11-31-10-14-35)8-7-22(18)23-5-3-4-21-17-33(12-13-34(21)23)26(36)20-6-9-25(32-16-20)27(28,29)30/h6-9,16,21,23,31,35H,3-5,10-15,17H2,1-2H3/t21?,23-/m1/s1. The van der Waals surface area contributed by atoms with Crippen LogP contribution in [0, 0.1) is 13.8 Å². The number of fused-ring (bicyclic) bond motifs is 1. The molecule has 2 atom stereocenters. The summed E-state index contributed by atoms with van der Waals surface area (Å²) in [6, 6.07) is 6.72. The molecule has 1 unspecified atom stereocenters. The number of halogens is 3. The molecule has 1 aromatic carbocycles. The van der Waals surface area contributed by atoms with Crippen LogP contribution < -0.4 is 10.1 Å². The molecule has 0 bridgehead atoms. The number of carbonyl (C=O) groups is 1. The van der Waals surface area contributed by atoms with E-state index in [1.807, 2.05) is 6.07 Å². The van der Waals surface area contributed by atoms with Gasteiger partial charge in [-0.25, -0.2) is 0 Å².